The SMILES string of the molecule is CCC=CC=CCC(C)=S=O. The number of rotatable bonds is 4. The van der Waals surface area contributed by atoms with E-state index in [1.165, 1.54) is 0 Å². The molecule has 0 bridgehead atoms. The van der Waals surface area contributed by atoms with Gasteiger partial charge < -0.3 is 0 Å². The van der Waals surface area contributed by atoms with Gasteiger partial charge in [0.15, 0.2) is 0 Å². The Hall–Kier alpha value is -0.630. The highest BCUT2D eigenvalue weighted by Crippen LogP contribution is 1.87. The van der Waals surface area contributed by atoms with E-state index in [0.29, 0.717) is 11.3 Å². The van der Waals surface area contributed by atoms with Crippen molar-refractivity contribution in [1.82, 2.24) is 0 Å². The second kappa shape index (κ2) is 7.48. The van der Waals surface area contributed by atoms with Crippen LogP contribution in [0.3, 0.4) is 0 Å². The normalized spacial score (nSPS) is 11.1. The molecule has 2 heteroatoms. The number of hydrogen-bond acceptors (Lipinski definition) is 1. The molecule has 0 aliphatic rings. The molecule has 11 heavy (non-hydrogen) atoms. The Balaban J connectivity index is 3.61. The van der Waals surface area contributed by atoms with Crippen molar-refractivity contribution in [3.05, 3.63) is 24.3 Å². The highest BCUT2D eigenvalue weighted by molar-refractivity contribution is 7.66. The van der Waals surface area contributed by atoms with E-state index in [1.807, 2.05) is 25.2 Å². The molecule has 1 nitrogen and oxygen atoms in total. The average Bonchev–Trinajstić information content (AvgIpc) is 2.04. The summed E-state index contributed by atoms with van der Waals surface area (Å²) >= 11 is 0.580. The van der Waals surface area contributed by atoms with Crippen molar-refractivity contribution < 1.29 is 4.21 Å². The Morgan fingerprint density at radius 1 is 1.36 bits per heavy atom. The van der Waals surface area contributed by atoms with Crippen molar-refractivity contribution in [2.45, 2.75) is 26.7 Å². The first-order valence-corrected chi connectivity index (χ1v) is 4.49. The summed E-state index contributed by atoms with van der Waals surface area (Å²) in [5.41, 5.74) is 0. The van der Waals surface area contributed by atoms with Crippen molar-refractivity contribution in [2.75, 3.05) is 0 Å². The molecule has 0 aliphatic heterocycles. The van der Waals surface area contributed by atoms with Gasteiger partial charge in [-0.05, 0) is 19.8 Å². The monoisotopic (exact) mass is 170 g/mol. The van der Waals surface area contributed by atoms with Crippen molar-refractivity contribution in [3.63, 3.8) is 0 Å². The Morgan fingerprint density at radius 2 is 2.00 bits per heavy atom. The van der Waals surface area contributed by atoms with Gasteiger partial charge in [-0.2, -0.15) is 0 Å². The minimum absolute atomic E-state index is 0.580. The smallest absolute Gasteiger partial charge is 0.0876 e. The van der Waals surface area contributed by atoms with Crippen LogP contribution in [0, 0.1) is 0 Å². The number of hydrogen-bond donors (Lipinski definition) is 0. The van der Waals surface area contributed by atoms with Crippen LogP contribution in [0.15, 0.2) is 24.3 Å². The van der Waals surface area contributed by atoms with Gasteiger partial charge in [0, 0.05) is 4.86 Å². The summed E-state index contributed by atoms with van der Waals surface area (Å²) in [6.07, 6.45) is 9.89. The van der Waals surface area contributed by atoms with E-state index in [-0.39, 0.29) is 0 Å². The van der Waals surface area contributed by atoms with Crippen LogP contribution < -0.4 is 0 Å². The van der Waals surface area contributed by atoms with E-state index in [4.69, 9.17) is 0 Å². The molecule has 0 rings (SSSR count). The summed E-state index contributed by atoms with van der Waals surface area (Å²) < 4.78 is 10.2. The van der Waals surface area contributed by atoms with E-state index >= 15 is 0 Å². The third-order valence-electron chi connectivity index (χ3n) is 1.17. The van der Waals surface area contributed by atoms with Gasteiger partial charge in [-0.25, -0.2) is 4.21 Å². The molecule has 0 aromatic rings. The zero-order valence-electron chi connectivity index (χ0n) is 7.04. The maximum absolute atomic E-state index is 10.2. The minimum Gasteiger partial charge on any atom is -0.212 e. The predicted molar refractivity (Wildman–Crippen MR) is 52.0 cm³/mol. The lowest BCUT2D eigenvalue weighted by atomic mass is 10.3. The first-order valence-electron chi connectivity index (χ1n) is 3.75. The minimum atomic E-state index is 0.580. The van der Waals surface area contributed by atoms with Gasteiger partial charge in [0.1, 0.15) is 0 Å². The van der Waals surface area contributed by atoms with E-state index < -0.39 is 0 Å². The molecule has 0 aromatic carbocycles. The van der Waals surface area contributed by atoms with Crippen LogP contribution in [0.4, 0.5) is 0 Å². The Labute approximate surface area is 71.9 Å². The molecule has 0 saturated heterocycles. The standard InChI is InChI=1S/C9H14OS/c1-3-4-5-6-7-8-9(2)11-10/h4-7H,3,8H2,1-2H3. The second-order valence-corrected chi connectivity index (χ2v) is 3.12. The number of allylic oxidation sites excluding steroid dienone is 4. The summed E-state index contributed by atoms with van der Waals surface area (Å²) in [5.74, 6) is 0. The quantitative estimate of drug-likeness (QED) is 0.467. The summed E-state index contributed by atoms with van der Waals surface area (Å²) in [7, 11) is 0. The second-order valence-electron chi connectivity index (χ2n) is 2.25. The van der Waals surface area contributed by atoms with Crippen LogP contribution in [0.2, 0.25) is 0 Å². The fourth-order valence-electron chi connectivity index (χ4n) is 0.561. The largest absolute Gasteiger partial charge is 0.212 e. The molecule has 62 valence electrons. The molecule has 0 radical (unpaired) electrons. The summed E-state index contributed by atoms with van der Waals surface area (Å²) in [4.78, 5) is 0.908. The summed E-state index contributed by atoms with van der Waals surface area (Å²) in [6.45, 7) is 3.95. The molecule has 0 unspecified atom stereocenters. The first kappa shape index (κ1) is 10.4. The maximum Gasteiger partial charge on any atom is 0.0876 e. The van der Waals surface area contributed by atoms with E-state index in [2.05, 4.69) is 13.0 Å². The average molecular weight is 170 g/mol. The zero-order chi connectivity index (χ0) is 8.53. The molecule has 0 saturated carbocycles. The Kier molecular flexibility index (Phi) is 7.05. The lowest BCUT2D eigenvalue weighted by Gasteiger charge is -1.83. The van der Waals surface area contributed by atoms with Gasteiger partial charge in [0.05, 0.1) is 11.3 Å². The zero-order valence-corrected chi connectivity index (χ0v) is 7.86. The third-order valence-corrected chi connectivity index (χ3v) is 1.62. The van der Waals surface area contributed by atoms with Gasteiger partial charge in [-0.1, -0.05) is 31.2 Å². The molecule has 0 aromatic heterocycles. The van der Waals surface area contributed by atoms with Crippen LogP contribution in [0.1, 0.15) is 26.7 Å². The van der Waals surface area contributed by atoms with Gasteiger partial charge >= 0.3 is 0 Å². The first-order chi connectivity index (χ1) is 5.31. The van der Waals surface area contributed by atoms with E-state index in [9.17, 15) is 4.21 Å². The third kappa shape index (κ3) is 7.26. The van der Waals surface area contributed by atoms with E-state index in [0.717, 1.165) is 17.7 Å². The topological polar surface area (TPSA) is 17.1 Å². The van der Waals surface area contributed by atoms with Gasteiger partial charge in [-0.3, -0.25) is 0 Å². The van der Waals surface area contributed by atoms with Crippen LogP contribution in [0.25, 0.3) is 0 Å². The van der Waals surface area contributed by atoms with Gasteiger partial charge in [-0.15, -0.1) is 0 Å². The summed E-state index contributed by atoms with van der Waals surface area (Å²) in [5, 5.41) is 0. The molecular formula is C9H14OS. The fraction of sp³-hybridized carbons (Fsp3) is 0.444. The molecule has 0 atom stereocenters. The van der Waals surface area contributed by atoms with Crippen molar-refractivity contribution in [1.29, 1.82) is 0 Å². The highest BCUT2D eigenvalue weighted by Gasteiger charge is 1.81. The van der Waals surface area contributed by atoms with Crippen LogP contribution in [-0.2, 0) is 11.3 Å². The molecule has 0 fully saturated rings. The molecule has 0 heterocycles. The summed E-state index contributed by atoms with van der Waals surface area (Å²) in [6, 6.07) is 0. The maximum atomic E-state index is 10.2. The lowest BCUT2D eigenvalue weighted by Crippen LogP contribution is -1.84. The molecular weight excluding hydrogens is 156 g/mol. The van der Waals surface area contributed by atoms with Gasteiger partial charge in [0.25, 0.3) is 0 Å². The lowest BCUT2D eigenvalue weighted by molar-refractivity contribution is 0.700. The van der Waals surface area contributed by atoms with Crippen molar-refractivity contribution in [3.8, 4) is 0 Å². The molecule has 0 aliphatic carbocycles. The molecule has 0 N–H and O–H groups in total. The van der Waals surface area contributed by atoms with Crippen molar-refractivity contribution >= 4 is 16.1 Å². The van der Waals surface area contributed by atoms with Crippen LogP contribution in [-0.4, -0.2) is 9.07 Å². The molecule has 0 spiro atoms. The Morgan fingerprint density at radius 3 is 2.55 bits per heavy atom. The van der Waals surface area contributed by atoms with Gasteiger partial charge in [0.2, 0.25) is 0 Å². The van der Waals surface area contributed by atoms with Crippen LogP contribution in [0.5, 0.6) is 0 Å². The Bertz CT molecular complexity index is 198. The highest BCUT2D eigenvalue weighted by atomic mass is 32.1. The van der Waals surface area contributed by atoms with Crippen LogP contribution >= 0.6 is 0 Å². The van der Waals surface area contributed by atoms with E-state index in [1.54, 1.807) is 0 Å². The molecule has 0 amide bonds. The fourth-order valence-corrected chi connectivity index (χ4v) is 0.726. The predicted octanol–water partition coefficient (Wildman–Crippen LogP) is 2.30. The van der Waals surface area contributed by atoms with Crippen molar-refractivity contribution in [2.24, 2.45) is 0 Å².